The number of benzene rings is 1. The van der Waals surface area contributed by atoms with Crippen LogP contribution in [-0.2, 0) is 0 Å². The molecular weight excluding hydrogens is 198 g/mol. The SMILES string of the molecule is Cc1ccccc1C(C)n1ncc(C)c1N. The topological polar surface area (TPSA) is 43.8 Å². The van der Waals surface area contributed by atoms with Gasteiger partial charge in [-0.1, -0.05) is 24.3 Å². The van der Waals surface area contributed by atoms with Gasteiger partial charge in [-0.15, -0.1) is 0 Å². The minimum absolute atomic E-state index is 0.176. The van der Waals surface area contributed by atoms with Gasteiger partial charge in [-0.05, 0) is 31.9 Å². The van der Waals surface area contributed by atoms with E-state index in [9.17, 15) is 0 Å². The molecule has 2 aromatic rings. The standard InChI is InChI=1S/C13H17N3/c1-9-6-4-5-7-12(9)11(3)16-13(14)10(2)8-15-16/h4-8,11H,14H2,1-3H3. The Balaban J connectivity index is 2.43. The Hall–Kier alpha value is -1.77. The first-order valence-electron chi connectivity index (χ1n) is 5.46. The second kappa shape index (κ2) is 4.00. The van der Waals surface area contributed by atoms with Crippen LogP contribution in [-0.4, -0.2) is 9.78 Å². The van der Waals surface area contributed by atoms with Gasteiger partial charge in [0.25, 0.3) is 0 Å². The van der Waals surface area contributed by atoms with Crippen molar-refractivity contribution in [2.75, 3.05) is 5.73 Å². The van der Waals surface area contributed by atoms with Crippen LogP contribution >= 0.6 is 0 Å². The summed E-state index contributed by atoms with van der Waals surface area (Å²) < 4.78 is 1.87. The van der Waals surface area contributed by atoms with Gasteiger partial charge >= 0.3 is 0 Å². The lowest BCUT2D eigenvalue weighted by molar-refractivity contribution is 0.570. The van der Waals surface area contributed by atoms with Gasteiger partial charge in [0.2, 0.25) is 0 Å². The minimum atomic E-state index is 0.176. The predicted molar refractivity (Wildman–Crippen MR) is 66.4 cm³/mol. The van der Waals surface area contributed by atoms with E-state index in [4.69, 9.17) is 5.73 Å². The van der Waals surface area contributed by atoms with Crippen molar-refractivity contribution in [2.45, 2.75) is 26.8 Å². The van der Waals surface area contributed by atoms with Crippen molar-refractivity contribution in [2.24, 2.45) is 0 Å². The molecule has 2 N–H and O–H groups in total. The Bertz CT molecular complexity index is 500. The maximum atomic E-state index is 5.99. The van der Waals surface area contributed by atoms with Crippen molar-refractivity contribution in [3.8, 4) is 0 Å². The molecule has 1 aromatic carbocycles. The Kier molecular flexibility index (Phi) is 2.69. The van der Waals surface area contributed by atoms with Crippen molar-refractivity contribution in [3.63, 3.8) is 0 Å². The molecule has 2 rings (SSSR count). The van der Waals surface area contributed by atoms with Gasteiger partial charge in [-0.2, -0.15) is 5.10 Å². The van der Waals surface area contributed by atoms with E-state index in [1.807, 2.05) is 29.9 Å². The van der Waals surface area contributed by atoms with E-state index in [1.54, 1.807) is 0 Å². The van der Waals surface area contributed by atoms with E-state index in [2.05, 4.69) is 31.1 Å². The zero-order valence-electron chi connectivity index (χ0n) is 9.94. The molecule has 0 fully saturated rings. The fourth-order valence-corrected chi connectivity index (χ4v) is 1.95. The maximum Gasteiger partial charge on any atom is 0.125 e. The zero-order valence-corrected chi connectivity index (χ0v) is 9.94. The van der Waals surface area contributed by atoms with Crippen molar-refractivity contribution in [1.82, 2.24) is 9.78 Å². The third kappa shape index (κ3) is 1.69. The molecule has 1 atom stereocenters. The molecule has 0 amide bonds. The number of nitrogens with two attached hydrogens (primary N) is 1. The van der Waals surface area contributed by atoms with Crippen LogP contribution < -0.4 is 5.73 Å². The Labute approximate surface area is 95.9 Å². The lowest BCUT2D eigenvalue weighted by Crippen LogP contribution is -2.12. The van der Waals surface area contributed by atoms with Crippen molar-refractivity contribution in [3.05, 3.63) is 47.2 Å². The van der Waals surface area contributed by atoms with Gasteiger partial charge in [0.15, 0.2) is 0 Å². The van der Waals surface area contributed by atoms with E-state index in [-0.39, 0.29) is 6.04 Å². The molecular formula is C13H17N3. The molecule has 3 heteroatoms. The number of hydrogen-bond acceptors (Lipinski definition) is 2. The first-order valence-corrected chi connectivity index (χ1v) is 5.46. The lowest BCUT2D eigenvalue weighted by Gasteiger charge is -2.16. The summed E-state index contributed by atoms with van der Waals surface area (Å²) in [6.07, 6.45) is 1.81. The summed E-state index contributed by atoms with van der Waals surface area (Å²) in [6.45, 7) is 6.20. The molecule has 16 heavy (non-hydrogen) atoms. The molecule has 0 spiro atoms. The molecule has 0 saturated heterocycles. The Morgan fingerprint density at radius 2 is 1.88 bits per heavy atom. The van der Waals surface area contributed by atoms with Gasteiger partial charge < -0.3 is 5.73 Å². The summed E-state index contributed by atoms with van der Waals surface area (Å²) in [6, 6.07) is 8.50. The summed E-state index contributed by atoms with van der Waals surface area (Å²) in [5.41, 5.74) is 9.55. The highest BCUT2D eigenvalue weighted by molar-refractivity contribution is 5.40. The van der Waals surface area contributed by atoms with Crippen LogP contribution in [0.5, 0.6) is 0 Å². The smallest absolute Gasteiger partial charge is 0.125 e. The van der Waals surface area contributed by atoms with Gasteiger partial charge in [0.05, 0.1) is 12.2 Å². The van der Waals surface area contributed by atoms with E-state index < -0.39 is 0 Å². The van der Waals surface area contributed by atoms with Crippen LogP contribution in [0.3, 0.4) is 0 Å². The van der Waals surface area contributed by atoms with Crippen molar-refractivity contribution >= 4 is 5.82 Å². The third-order valence-electron chi connectivity index (χ3n) is 3.03. The third-order valence-corrected chi connectivity index (χ3v) is 3.03. The molecule has 1 unspecified atom stereocenters. The number of anilines is 1. The van der Waals surface area contributed by atoms with Gasteiger partial charge in [-0.25, -0.2) is 4.68 Å². The molecule has 1 aromatic heterocycles. The summed E-state index contributed by atoms with van der Waals surface area (Å²) in [5, 5.41) is 4.32. The number of aromatic nitrogens is 2. The van der Waals surface area contributed by atoms with Gasteiger partial charge in [0.1, 0.15) is 5.82 Å². The van der Waals surface area contributed by atoms with Crippen molar-refractivity contribution in [1.29, 1.82) is 0 Å². The minimum Gasteiger partial charge on any atom is -0.384 e. The molecule has 0 aliphatic carbocycles. The summed E-state index contributed by atoms with van der Waals surface area (Å²) in [5.74, 6) is 0.746. The fraction of sp³-hybridized carbons (Fsp3) is 0.308. The van der Waals surface area contributed by atoms with Crippen LogP contribution in [0.15, 0.2) is 30.5 Å². The second-order valence-electron chi connectivity index (χ2n) is 4.19. The molecule has 0 saturated carbocycles. The molecule has 3 nitrogen and oxygen atoms in total. The van der Waals surface area contributed by atoms with Gasteiger partial charge in [0, 0.05) is 5.56 Å². The normalized spacial score (nSPS) is 12.7. The first-order chi connectivity index (χ1) is 7.61. The number of hydrogen-bond donors (Lipinski definition) is 1. The number of nitrogens with zero attached hydrogens (tertiary/aromatic N) is 2. The van der Waals surface area contributed by atoms with Gasteiger partial charge in [-0.3, -0.25) is 0 Å². The summed E-state index contributed by atoms with van der Waals surface area (Å²) >= 11 is 0. The lowest BCUT2D eigenvalue weighted by atomic mass is 10.0. The first kappa shape index (κ1) is 10.7. The molecule has 0 radical (unpaired) electrons. The van der Waals surface area contributed by atoms with Crippen LogP contribution in [0.2, 0.25) is 0 Å². The molecule has 0 aliphatic heterocycles. The van der Waals surface area contributed by atoms with Crippen LogP contribution in [0.4, 0.5) is 5.82 Å². The summed E-state index contributed by atoms with van der Waals surface area (Å²) in [7, 11) is 0. The largest absolute Gasteiger partial charge is 0.384 e. The van der Waals surface area contributed by atoms with Crippen LogP contribution in [0.1, 0.15) is 29.7 Å². The molecule has 1 heterocycles. The van der Waals surface area contributed by atoms with Crippen molar-refractivity contribution < 1.29 is 0 Å². The zero-order chi connectivity index (χ0) is 11.7. The van der Waals surface area contributed by atoms with E-state index in [1.165, 1.54) is 11.1 Å². The Morgan fingerprint density at radius 3 is 2.44 bits per heavy atom. The Morgan fingerprint density at radius 1 is 1.19 bits per heavy atom. The van der Waals surface area contributed by atoms with E-state index >= 15 is 0 Å². The fourth-order valence-electron chi connectivity index (χ4n) is 1.95. The highest BCUT2D eigenvalue weighted by Crippen LogP contribution is 2.24. The number of aryl methyl sites for hydroxylation is 2. The molecule has 84 valence electrons. The highest BCUT2D eigenvalue weighted by Gasteiger charge is 2.14. The second-order valence-corrected chi connectivity index (χ2v) is 4.19. The van der Waals surface area contributed by atoms with E-state index in [0.29, 0.717) is 0 Å². The monoisotopic (exact) mass is 215 g/mol. The molecule has 0 aliphatic rings. The average molecular weight is 215 g/mol. The maximum absolute atomic E-state index is 5.99. The number of rotatable bonds is 2. The quantitative estimate of drug-likeness (QED) is 0.837. The summed E-state index contributed by atoms with van der Waals surface area (Å²) in [4.78, 5) is 0. The number of nitrogen functional groups attached to an aromatic ring is 1. The van der Waals surface area contributed by atoms with Crippen LogP contribution in [0, 0.1) is 13.8 Å². The van der Waals surface area contributed by atoms with Crippen LogP contribution in [0.25, 0.3) is 0 Å². The average Bonchev–Trinajstić information content (AvgIpc) is 2.60. The highest BCUT2D eigenvalue weighted by atomic mass is 15.3. The van der Waals surface area contributed by atoms with E-state index in [0.717, 1.165) is 11.4 Å². The molecule has 0 bridgehead atoms. The predicted octanol–water partition coefficient (Wildman–Crippen LogP) is 2.69.